The molecule has 1 aliphatic rings. The van der Waals surface area contributed by atoms with Gasteiger partial charge in [0.25, 0.3) is 5.91 Å². The van der Waals surface area contributed by atoms with Crippen molar-refractivity contribution in [2.75, 3.05) is 13.2 Å². The van der Waals surface area contributed by atoms with Crippen molar-refractivity contribution in [1.82, 2.24) is 24.4 Å². The molecule has 0 radical (unpaired) electrons. The van der Waals surface area contributed by atoms with E-state index in [9.17, 15) is 4.79 Å². The molecule has 4 heterocycles. The van der Waals surface area contributed by atoms with E-state index in [1.54, 1.807) is 17.5 Å². The SMILES string of the molecule is Cc1cc(C)nc(CN2CCOc3c(cc(Cn4ccnc4C)cc3-c3sc(C)nc3C)C2=O)c1. The van der Waals surface area contributed by atoms with E-state index in [1.807, 2.05) is 57.0 Å². The van der Waals surface area contributed by atoms with E-state index >= 15 is 0 Å². The molecular weight excluding hydrogens is 458 g/mol. The van der Waals surface area contributed by atoms with Crippen LogP contribution in [0.4, 0.5) is 0 Å². The van der Waals surface area contributed by atoms with E-state index in [1.165, 1.54) is 0 Å². The van der Waals surface area contributed by atoms with Gasteiger partial charge in [0, 0.05) is 30.2 Å². The minimum absolute atomic E-state index is 0.0391. The third-order valence-electron chi connectivity index (χ3n) is 6.20. The van der Waals surface area contributed by atoms with E-state index in [0.29, 0.717) is 37.6 Å². The predicted molar refractivity (Wildman–Crippen MR) is 137 cm³/mol. The maximum atomic E-state index is 13.9. The monoisotopic (exact) mass is 487 g/mol. The molecule has 180 valence electrons. The number of hydrogen-bond donors (Lipinski definition) is 0. The first-order valence-electron chi connectivity index (χ1n) is 11.7. The summed E-state index contributed by atoms with van der Waals surface area (Å²) in [6.07, 6.45) is 3.75. The highest BCUT2D eigenvalue weighted by atomic mass is 32.1. The number of ether oxygens (including phenoxy) is 1. The molecule has 0 unspecified atom stereocenters. The quantitative estimate of drug-likeness (QED) is 0.395. The van der Waals surface area contributed by atoms with E-state index < -0.39 is 0 Å². The number of benzene rings is 1. The fourth-order valence-electron chi connectivity index (χ4n) is 4.69. The predicted octanol–water partition coefficient (Wildman–Crippen LogP) is 5.03. The number of aryl methyl sites for hydroxylation is 5. The lowest BCUT2D eigenvalue weighted by atomic mass is 10.0. The Bertz CT molecular complexity index is 1400. The summed E-state index contributed by atoms with van der Waals surface area (Å²) in [5.74, 6) is 1.53. The van der Waals surface area contributed by atoms with Gasteiger partial charge in [-0.25, -0.2) is 9.97 Å². The zero-order valence-electron chi connectivity index (χ0n) is 20.8. The average molecular weight is 488 g/mol. The fourth-order valence-corrected chi connectivity index (χ4v) is 5.63. The Morgan fingerprint density at radius 1 is 1.00 bits per heavy atom. The molecule has 0 saturated carbocycles. The standard InChI is InChI=1S/C27H29N5O2S/c1-16-10-17(2)29-22(11-16)15-32-8-9-34-25-23(26-18(3)30-20(5)35-26)12-21(13-24(25)27(32)33)14-31-7-6-28-19(31)4/h6-7,10-13H,8-9,14-15H2,1-5H3. The molecule has 7 nitrogen and oxygen atoms in total. The van der Waals surface area contributed by atoms with Crippen LogP contribution >= 0.6 is 11.3 Å². The van der Waals surface area contributed by atoms with Crippen LogP contribution in [0.5, 0.6) is 5.75 Å². The van der Waals surface area contributed by atoms with Gasteiger partial charge in [0.2, 0.25) is 0 Å². The molecule has 0 saturated heterocycles. The molecule has 0 spiro atoms. The summed E-state index contributed by atoms with van der Waals surface area (Å²) >= 11 is 1.63. The van der Waals surface area contributed by atoms with Crippen molar-refractivity contribution in [2.24, 2.45) is 0 Å². The van der Waals surface area contributed by atoms with Crippen molar-refractivity contribution in [3.8, 4) is 16.2 Å². The molecule has 0 fully saturated rings. The van der Waals surface area contributed by atoms with Crippen LogP contribution in [0.3, 0.4) is 0 Å². The molecule has 1 aromatic carbocycles. The summed E-state index contributed by atoms with van der Waals surface area (Å²) < 4.78 is 8.35. The normalized spacial score (nSPS) is 13.5. The van der Waals surface area contributed by atoms with Crippen LogP contribution < -0.4 is 4.74 Å². The lowest BCUT2D eigenvalue weighted by molar-refractivity contribution is 0.0740. The third kappa shape index (κ3) is 4.71. The molecule has 0 aliphatic carbocycles. The summed E-state index contributed by atoms with van der Waals surface area (Å²) in [4.78, 5) is 30.4. The molecule has 0 N–H and O–H groups in total. The molecule has 1 aliphatic heterocycles. The number of hydrogen-bond acceptors (Lipinski definition) is 6. The van der Waals surface area contributed by atoms with Gasteiger partial charge < -0.3 is 14.2 Å². The number of aromatic nitrogens is 4. The molecular formula is C27H29N5O2S. The Balaban J connectivity index is 1.59. The van der Waals surface area contributed by atoms with E-state index in [-0.39, 0.29) is 5.91 Å². The Kier molecular flexibility index (Phi) is 6.15. The highest BCUT2D eigenvalue weighted by molar-refractivity contribution is 7.15. The average Bonchev–Trinajstić information content (AvgIpc) is 3.31. The van der Waals surface area contributed by atoms with Crippen LogP contribution in [0.1, 0.15) is 49.4 Å². The number of carbonyl (C=O) groups is 1. The van der Waals surface area contributed by atoms with Gasteiger partial charge in [-0.2, -0.15) is 0 Å². The molecule has 4 aromatic rings. The van der Waals surface area contributed by atoms with Crippen molar-refractivity contribution in [3.63, 3.8) is 0 Å². The van der Waals surface area contributed by atoms with Crippen LogP contribution in [0.2, 0.25) is 0 Å². The maximum absolute atomic E-state index is 13.9. The second-order valence-electron chi connectivity index (χ2n) is 9.12. The number of amides is 1. The summed E-state index contributed by atoms with van der Waals surface area (Å²) in [5, 5.41) is 0.990. The maximum Gasteiger partial charge on any atom is 0.258 e. The molecule has 5 rings (SSSR count). The van der Waals surface area contributed by atoms with Gasteiger partial charge in [-0.05, 0) is 70.0 Å². The molecule has 1 amide bonds. The summed E-state index contributed by atoms with van der Waals surface area (Å²) in [6, 6.07) is 8.19. The van der Waals surface area contributed by atoms with Gasteiger partial charge in [0.15, 0.2) is 0 Å². The lowest BCUT2D eigenvalue weighted by Crippen LogP contribution is -2.32. The van der Waals surface area contributed by atoms with Crippen LogP contribution in [0.15, 0.2) is 36.7 Å². The zero-order valence-corrected chi connectivity index (χ0v) is 21.6. The van der Waals surface area contributed by atoms with E-state index in [4.69, 9.17) is 4.74 Å². The van der Waals surface area contributed by atoms with Crippen molar-refractivity contribution in [2.45, 2.75) is 47.7 Å². The number of thiazole rings is 1. The summed E-state index contributed by atoms with van der Waals surface area (Å²) in [6.45, 7) is 12.0. The van der Waals surface area contributed by atoms with Gasteiger partial charge in [-0.15, -0.1) is 11.3 Å². The van der Waals surface area contributed by atoms with Crippen molar-refractivity contribution >= 4 is 17.2 Å². The van der Waals surface area contributed by atoms with Crippen LogP contribution in [-0.2, 0) is 13.1 Å². The third-order valence-corrected chi connectivity index (χ3v) is 7.31. The number of imidazole rings is 1. The van der Waals surface area contributed by atoms with Crippen molar-refractivity contribution in [3.05, 3.63) is 81.3 Å². The Morgan fingerprint density at radius 3 is 2.49 bits per heavy atom. The minimum Gasteiger partial charge on any atom is -0.490 e. The first-order valence-corrected chi connectivity index (χ1v) is 12.6. The smallest absolute Gasteiger partial charge is 0.258 e. The van der Waals surface area contributed by atoms with Crippen LogP contribution in [-0.4, -0.2) is 43.5 Å². The molecule has 35 heavy (non-hydrogen) atoms. The Morgan fingerprint density at radius 2 is 1.80 bits per heavy atom. The molecule has 3 aromatic heterocycles. The van der Waals surface area contributed by atoms with Gasteiger partial charge in [0.05, 0.1) is 39.9 Å². The van der Waals surface area contributed by atoms with Crippen LogP contribution in [0, 0.1) is 34.6 Å². The number of carbonyl (C=O) groups excluding carboxylic acids is 1. The zero-order chi connectivity index (χ0) is 24.7. The second kappa shape index (κ2) is 9.26. The van der Waals surface area contributed by atoms with Gasteiger partial charge >= 0.3 is 0 Å². The van der Waals surface area contributed by atoms with Crippen LogP contribution in [0.25, 0.3) is 10.4 Å². The largest absolute Gasteiger partial charge is 0.490 e. The van der Waals surface area contributed by atoms with Gasteiger partial charge in [-0.1, -0.05) is 0 Å². The topological polar surface area (TPSA) is 73.1 Å². The van der Waals surface area contributed by atoms with Gasteiger partial charge in [-0.3, -0.25) is 9.78 Å². The first kappa shape index (κ1) is 23.2. The number of pyridine rings is 1. The number of nitrogens with zero attached hydrogens (tertiary/aromatic N) is 5. The fraction of sp³-hybridized carbons (Fsp3) is 0.333. The number of rotatable bonds is 5. The van der Waals surface area contributed by atoms with Crippen molar-refractivity contribution in [1.29, 1.82) is 0 Å². The van der Waals surface area contributed by atoms with E-state index in [0.717, 1.165) is 49.5 Å². The molecule has 0 bridgehead atoms. The Hall–Kier alpha value is -3.52. The molecule has 0 atom stereocenters. The summed E-state index contributed by atoms with van der Waals surface area (Å²) in [7, 11) is 0. The highest BCUT2D eigenvalue weighted by Gasteiger charge is 2.28. The first-order chi connectivity index (χ1) is 16.8. The van der Waals surface area contributed by atoms with Gasteiger partial charge in [0.1, 0.15) is 18.2 Å². The highest BCUT2D eigenvalue weighted by Crippen LogP contribution is 2.41. The minimum atomic E-state index is -0.0391. The lowest BCUT2D eigenvalue weighted by Gasteiger charge is -2.20. The van der Waals surface area contributed by atoms with Crippen molar-refractivity contribution < 1.29 is 9.53 Å². The Labute approximate surface area is 209 Å². The van der Waals surface area contributed by atoms with E-state index in [2.05, 4.69) is 32.5 Å². The number of fused-ring (bicyclic) bond motifs is 1. The second-order valence-corrected chi connectivity index (χ2v) is 10.3. The molecule has 8 heteroatoms. The summed E-state index contributed by atoms with van der Waals surface area (Å²) in [5.41, 5.74) is 6.47.